The molecule has 2 rings (SSSR count). The highest BCUT2D eigenvalue weighted by Gasteiger charge is 2.35. The predicted octanol–water partition coefficient (Wildman–Crippen LogP) is 2.55. The molecule has 1 aromatic rings. The highest BCUT2D eigenvalue weighted by Crippen LogP contribution is 2.21. The van der Waals surface area contributed by atoms with Crippen LogP contribution in [-0.2, 0) is 20.9 Å². The van der Waals surface area contributed by atoms with E-state index in [-0.39, 0.29) is 32.7 Å². The van der Waals surface area contributed by atoms with Crippen molar-refractivity contribution in [2.24, 2.45) is 5.92 Å². The maximum Gasteiger partial charge on any atom is 0.410 e. The first-order valence-electron chi connectivity index (χ1n) is 7.36. The van der Waals surface area contributed by atoms with Crippen molar-refractivity contribution in [1.82, 2.24) is 4.90 Å². The predicted molar refractivity (Wildman–Crippen MR) is 77.8 cm³/mol. The minimum atomic E-state index is -1.24. The third-order valence-electron chi connectivity index (χ3n) is 3.48. The summed E-state index contributed by atoms with van der Waals surface area (Å²) in [7, 11) is 0. The standard InChI is InChI=1S/C16H20FNO4/c1-2-21-15(19)13-8-14(17)10-18(9-13)16(20)22-11-12-6-4-3-5-7-12/h3-7,13-14H,2,8-11H2,1H3/t13-,14+/m1/s1. The van der Waals surface area contributed by atoms with Crippen molar-refractivity contribution in [3.05, 3.63) is 35.9 Å². The molecule has 0 unspecified atom stereocenters. The molecule has 5 nitrogen and oxygen atoms in total. The molecular weight excluding hydrogens is 289 g/mol. The van der Waals surface area contributed by atoms with Crippen LogP contribution in [0.1, 0.15) is 18.9 Å². The molecule has 0 saturated carbocycles. The van der Waals surface area contributed by atoms with Gasteiger partial charge in [0.25, 0.3) is 0 Å². The number of alkyl halides is 1. The number of nitrogens with zero attached hydrogens (tertiary/aromatic N) is 1. The lowest BCUT2D eigenvalue weighted by molar-refractivity contribution is -0.150. The topological polar surface area (TPSA) is 55.8 Å². The van der Waals surface area contributed by atoms with Gasteiger partial charge in [-0.3, -0.25) is 4.79 Å². The molecule has 0 aromatic heterocycles. The molecule has 0 N–H and O–H groups in total. The smallest absolute Gasteiger partial charge is 0.410 e. The van der Waals surface area contributed by atoms with E-state index in [0.717, 1.165) is 5.56 Å². The Balaban J connectivity index is 1.89. The summed E-state index contributed by atoms with van der Waals surface area (Å²) in [5.41, 5.74) is 0.853. The van der Waals surface area contributed by atoms with Crippen LogP contribution >= 0.6 is 0 Å². The number of hydrogen-bond donors (Lipinski definition) is 0. The Labute approximate surface area is 129 Å². The Hall–Kier alpha value is -2.11. The average molecular weight is 309 g/mol. The Morgan fingerprint density at radius 1 is 1.23 bits per heavy atom. The van der Waals surface area contributed by atoms with Crippen molar-refractivity contribution in [2.45, 2.75) is 26.1 Å². The fourth-order valence-electron chi connectivity index (χ4n) is 2.43. The van der Waals surface area contributed by atoms with Crippen LogP contribution in [0, 0.1) is 5.92 Å². The maximum absolute atomic E-state index is 13.8. The van der Waals surface area contributed by atoms with Crippen LogP contribution in [0.25, 0.3) is 0 Å². The van der Waals surface area contributed by atoms with Crippen molar-refractivity contribution in [2.75, 3.05) is 19.7 Å². The van der Waals surface area contributed by atoms with Crippen LogP contribution in [0.4, 0.5) is 9.18 Å². The molecule has 0 aliphatic carbocycles. The van der Waals surface area contributed by atoms with Crippen LogP contribution in [0.2, 0.25) is 0 Å². The quantitative estimate of drug-likeness (QED) is 0.802. The number of piperidine rings is 1. The average Bonchev–Trinajstić information content (AvgIpc) is 2.53. The molecule has 6 heteroatoms. The van der Waals surface area contributed by atoms with Crippen LogP contribution in [0.5, 0.6) is 0 Å². The fourth-order valence-corrected chi connectivity index (χ4v) is 2.43. The van der Waals surface area contributed by atoms with Gasteiger partial charge in [-0.2, -0.15) is 0 Å². The molecule has 22 heavy (non-hydrogen) atoms. The summed E-state index contributed by atoms with van der Waals surface area (Å²) >= 11 is 0. The zero-order valence-corrected chi connectivity index (χ0v) is 12.5. The van der Waals surface area contributed by atoms with Crippen molar-refractivity contribution in [3.8, 4) is 0 Å². The number of rotatable bonds is 4. The second-order valence-electron chi connectivity index (χ2n) is 5.23. The summed E-state index contributed by atoms with van der Waals surface area (Å²) in [4.78, 5) is 25.0. The van der Waals surface area contributed by atoms with Crippen molar-refractivity contribution < 1.29 is 23.5 Å². The molecule has 1 amide bonds. The van der Waals surface area contributed by atoms with E-state index in [2.05, 4.69) is 0 Å². The monoisotopic (exact) mass is 309 g/mol. The van der Waals surface area contributed by atoms with Gasteiger partial charge in [-0.25, -0.2) is 9.18 Å². The number of hydrogen-bond acceptors (Lipinski definition) is 4. The Morgan fingerprint density at radius 3 is 2.64 bits per heavy atom. The van der Waals surface area contributed by atoms with Gasteiger partial charge in [0.2, 0.25) is 0 Å². The Morgan fingerprint density at radius 2 is 1.95 bits per heavy atom. The second kappa shape index (κ2) is 7.77. The van der Waals surface area contributed by atoms with Gasteiger partial charge < -0.3 is 14.4 Å². The molecule has 1 saturated heterocycles. The Bertz CT molecular complexity index is 508. The molecule has 1 fully saturated rings. The summed E-state index contributed by atoms with van der Waals surface area (Å²) < 4.78 is 23.8. The summed E-state index contributed by atoms with van der Waals surface area (Å²) in [6, 6.07) is 9.23. The van der Waals surface area contributed by atoms with Gasteiger partial charge in [-0.15, -0.1) is 0 Å². The van der Waals surface area contributed by atoms with Gasteiger partial charge in [0, 0.05) is 6.54 Å². The van der Waals surface area contributed by atoms with Crippen LogP contribution in [-0.4, -0.2) is 42.8 Å². The number of ether oxygens (including phenoxy) is 2. The third-order valence-corrected chi connectivity index (χ3v) is 3.48. The van der Waals surface area contributed by atoms with E-state index in [0.29, 0.717) is 0 Å². The number of esters is 1. The summed E-state index contributed by atoms with van der Waals surface area (Å²) in [6.45, 7) is 2.14. The van der Waals surface area contributed by atoms with Crippen LogP contribution < -0.4 is 0 Å². The van der Waals surface area contributed by atoms with E-state index in [1.807, 2.05) is 30.3 Å². The molecule has 0 bridgehead atoms. The minimum absolute atomic E-state index is 0.0521. The third kappa shape index (κ3) is 4.44. The number of carbonyl (C=O) groups is 2. The minimum Gasteiger partial charge on any atom is -0.466 e. The van der Waals surface area contributed by atoms with E-state index < -0.39 is 24.2 Å². The zero-order valence-electron chi connectivity index (χ0n) is 12.5. The molecular formula is C16H20FNO4. The van der Waals surface area contributed by atoms with Gasteiger partial charge in [0.05, 0.1) is 19.1 Å². The first-order valence-corrected chi connectivity index (χ1v) is 7.36. The zero-order chi connectivity index (χ0) is 15.9. The molecule has 2 atom stereocenters. The number of likely N-dealkylation sites (tertiary alicyclic amines) is 1. The number of carbonyl (C=O) groups excluding carboxylic acids is 2. The van der Waals surface area contributed by atoms with Gasteiger partial charge >= 0.3 is 12.1 Å². The van der Waals surface area contributed by atoms with Crippen molar-refractivity contribution in [3.63, 3.8) is 0 Å². The molecule has 1 heterocycles. The maximum atomic E-state index is 13.8. The SMILES string of the molecule is CCOC(=O)[C@@H]1C[C@H](F)CN(C(=O)OCc2ccccc2)C1. The first-order chi connectivity index (χ1) is 10.6. The summed E-state index contributed by atoms with van der Waals surface area (Å²) in [5, 5.41) is 0. The summed E-state index contributed by atoms with van der Waals surface area (Å²) in [6.07, 6.45) is -1.77. The number of halogens is 1. The van der Waals surface area contributed by atoms with Crippen molar-refractivity contribution >= 4 is 12.1 Å². The van der Waals surface area contributed by atoms with E-state index >= 15 is 0 Å². The lowest BCUT2D eigenvalue weighted by Gasteiger charge is -2.32. The lowest BCUT2D eigenvalue weighted by atomic mass is 9.97. The van der Waals surface area contributed by atoms with Gasteiger partial charge in [0.15, 0.2) is 0 Å². The van der Waals surface area contributed by atoms with Gasteiger partial charge in [-0.1, -0.05) is 30.3 Å². The van der Waals surface area contributed by atoms with E-state index in [1.165, 1.54) is 4.90 Å². The molecule has 1 aliphatic rings. The van der Waals surface area contributed by atoms with Crippen molar-refractivity contribution in [1.29, 1.82) is 0 Å². The van der Waals surface area contributed by atoms with Crippen LogP contribution in [0.15, 0.2) is 30.3 Å². The summed E-state index contributed by atoms with van der Waals surface area (Å²) in [5.74, 6) is -1.10. The van der Waals surface area contributed by atoms with E-state index in [1.54, 1.807) is 6.92 Å². The van der Waals surface area contributed by atoms with Crippen LogP contribution in [0.3, 0.4) is 0 Å². The Kier molecular flexibility index (Phi) is 5.75. The molecule has 0 spiro atoms. The van der Waals surface area contributed by atoms with Gasteiger partial charge in [-0.05, 0) is 18.9 Å². The lowest BCUT2D eigenvalue weighted by Crippen LogP contribution is -2.47. The largest absolute Gasteiger partial charge is 0.466 e. The highest BCUT2D eigenvalue weighted by molar-refractivity contribution is 5.75. The van der Waals surface area contributed by atoms with E-state index in [9.17, 15) is 14.0 Å². The van der Waals surface area contributed by atoms with E-state index in [4.69, 9.17) is 9.47 Å². The number of amides is 1. The number of benzene rings is 1. The molecule has 0 radical (unpaired) electrons. The van der Waals surface area contributed by atoms with Gasteiger partial charge in [0.1, 0.15) is 12.8 Å². The normalized spacial score (nSPS) is 21.3. The highest BCUT2D eigenvalue weighted by atomic mass is 19.1. The molecule has 1 aliphatic heterocycles. The molecule has 1 aromatic carbocycles. The first kappa shape index (κ1) is 16.3. The molecule has 120 valence electrons. The fraction of sp³-hybridized carbons (Fsp3) is 0.500. The second-order valence-corrected chi connectivity index (χ2v) is 5.23.